The number of imidazole rings is 1. The number of nitrogens with zero attached hydrogens (tertiary/aromatic N) is 2. The molecule has 0 unspecified atom stereocenters. The first-order valence-corrected chi connectivity index (χ1v) is 8.98. The van der Waals surface area contributed by atoms with Gasteiger partial charge in [0.1, 0.15) is 0 Å². The molecule has 6 heteroatoms. The summed E-state index contributed by atoms with van der Waals surface area (Å²) in [5, 5.41) is 3.84. The molecule has 2 rings (SSSR count). The highest BCUT2D eigenvalue weighted by Gasteiger charge is 2.13. The zero-order valence-corrected chi connectivity index (χ0v) is 15.6. The second kappa shape index (κ2) is 8.89. The van der Waals surface area contributed by atoms with E-state index in [9.17, 15) is 4.79 Å². The predicted octanol–water partition coefficient (Wildman–Crippen LogP) is 2.86. The molecule has 0 spiro atoms. The van der Waals surface area contributed by atoms with Gasteiger partial charge in [0.25, 0.3) is 0 Å². The molecule has 0 fully saturated rings. The maximum Gasteiger partial charge on any atom is 0.230 e. The van der Waals surface area contributed by atoms with Gasteiger partial charge < -0.3 is 14.6 Å². The number of ether oxygens (including phenoxy) is 1. The Morgan fingerprint density at radius 1 is 1.29 bits per heavy atom. The van der Waals surface area contributed by atoms with Crippen molar-refractivity contribution in [2.75, 3.05) is 19.5 Å². The van der Waals surface area contributed by atoms with Crippen molar-refractivity contribution >= 4 is 17.7 Å². The van der Waals surface area contributed by atoms with Crippen molar-refractivity contribution in [1.29, 1.82) is 0 Å². The molecule has 0 bridgehead atoms. The van der Waals surface area contributed by atoms with Crippen LogP contribution in [0.15, 0.2) is 29.4 Å². The van der Waals surface area contributed by atoms with Gasteiger partial charge in [-0.15, -0.1) is 0 Å². The van der Waals surface area contributed by atoms with Crippen molar-refractivity contribution in [3.63, 3.8) is 0 Å². The third-order valence-electron chi connectivity index (χ3n) is 4.01. The standard InChI is InChI=1S/C18H25N3O2S/c1-13-7-5-6-8-16(13)11-19-17(22)12-24-18-20-14(2)15(3)21(18)9-10-23-4/h5-8H,9-12H2,1-4H3,(H,19,22). The Kier molecular flexibility index (Phi) is 6.87. The average molecular weight is 347 g/mol. The number of carbonyl (C=O) groups is 1. The summed E-state index contributed by atoms with van der Waals surface area (Å²) >= 11 is 1.46. The summed E-state index contributed by atoms with van der Waals surface area (Å²) in [6.45, 7) is 8.01. The summed E-state index contributed by atoms with van der Waals surface area (Å²) in [5.41, 5.74) is 4.44. The van der Waals surface area contributed by atoms with Gasteiger partial charge in [0.15, 0.2) is 5.16 Å². The molecule has 1 aromatic carbocycles. The van der Waals surface area contributed by atoms with E-state index in [2.05, 4.69) is 27.9 Å². The van der Waals surface area contributed by atoms with E-state index >= 15 is 0 Å². The number of thioether (sulfide) groups is 1. The fourth-order valence-electron chi connectivity index (χ4n) is 2.36. The number of amides is 1. The van der Waals surface area contributed by atoms with Crippen LogP contribution >= 0.6 is 11.8 Å². The van der Waals surface area contributed by atoms with Crippen LogP contribution in [0.4, 0.5) is 0 Å². The van der Waals surface area contributed by atoms with Crippen molar-refractivity contribution in [1.82, 2.24) is 14.9 Å². The number of aromatic nitrogens is 2. The van der Waals surface area contributed by atoms with Crippen LogP contribution in [0.2, 0.25) is 0 Å². The Morgan fingerprint density at radius 2 is 2.04 bits per heavy atom. The third kappa shape index (κ3) is 4.85. The Balaban J connectivity index is 1.90. The van der Waals surface area contributed by atoms with Gasteiger partial charge in [-0.25, -0.2) is 4.98 Å². The quantitative estimate of drug-likeness (QED) is 0.746. The van der Waals surface area contributed by atoms with Crippen LogP contribution in [0.1, 0.15) is 22.5 Å². The minimum absolute atomic E-state index is 0.0138. The van der Waals surface area contributed by atoms with Gasteiger partial charge in [-0.3, -0.25) is 4.79 Å². The molecule has 0 radical (unpaired) electrons. The van der Waals surface area contributed by atoms with Gasteiger partial charge in [-0.1, -0.05) is 36.0 Å². The summed E-state index contributed by atoms with van der Waals surface area (Å²) in [6.07, 6.45) is 0. The molecule has 0 atom stereocenters. The highest BCUT2D eigenvalue weighted by Crippen LogP contribution is 2.21. The van der Waals surface area contributed by atoms with Crippen molar-refractivity contribution in [3.8, 4) is 0 Å². The Bertz CT molecular complexity index is 698. The molecule has 0 aliphatic carbocycles. The number of nitrogens with one attached hydrogen (secondary N) is 1. The number of hydrogen-bond acceptors (Lipinski definition) is 4. The first kappa shape index (κ1) is 18.5. The van der Waals surface area contributed by atoms with Gasteiger partial charge >= 0.3 is 0 Å². The smallest absolute Gasteiger partial charge is 0.230 e. The van der Waals surface area contributed by atoms with E-state index in [4.69, 9.17) is 4.74 Å². The summed E-state index contributed by atoms with van der Waals surface area (Å²) in [7, 11) is 1.69. The van der Waals surface area contributed by atoms with Crippen LogP contribution in [0.25, 0.3) is 0 Å². The number of carbonyl (C=O) groups excluding carboxylic acids is 1. The Labute approximate surface area is 147 Å². The molecule has 0 saturated heterocycles. The average Bonchev–Trinajstić information content (AvgIpc) is 2.84. The van der Waals surface area contributed by atoms with Crippen LogP contribution in [0, 0.1) is 20.8 Å². The maximum absolute atomic E-state index is 12.1. The third-order valence-corrected chi connectivity index (χ3v) is 4.99. The second-order valence-electron chi connectivity index (χ2n) is 5.70. The summed E-state index contributed by atoms with van der Waals surface area (Å²) in [6, 6.07) is 8.07. The zero-order chi connectivity index (χ0) is 17.5. The lowest BCUT2D eigenvalue weighted by Crippen LogP contribution is -2.25. The predicted molar refractivity (Wildman–Crippen MR) is 97.3 cm³/mol. The molecular weight excluding hydrogens is 322 g/mol. The lowest BCUT2D eigenvalue weighted by molar-refractivity contribution is -0.118. The van der Waals surface area contributed by atoms with E-state index in [1.165, 1.54) is 17.3 Å². The lowest BCUT2D eigenvalue weighted by atomic mass is 10.1. The van der Waals surface area contributed by atoms with E-state index in [-0.39, 0.29) is 5.91 Å². The van der Waals surface area contributed by atoms with Crippen LogP contribution < -0.4 is 5.32 Å². The molecule has 130 valence electrons. The van der Waals surface area contributed by atoms with E-state index in [0.717, 1.165) is 28.7 Å². The summed E-state index contributed by atoms with van der Waals surface area (Å²) in [4.78, 5) is 16.7. The van der Waals surface area contributed by atoms with Crippen LogP contribution in [0.3, 0.4) is 0 Å². The van der Waals surface area contributed by atoms with Crippen molar-refractivity contribution in [2.24, 2.45) is 0 Å². The fraction of sp³-hybridized carbons (Fsp3) is 0.444. The maximum atomic E-state index is 12.1. The molecule has 0 aliphatic heterocycles. The lowest BCUT2D eigenvalue weighted by Gasteiger charge is -2.10. The molecule has 1 N–H and O–H groups in total. The first-order valence-electron chi connectivity index (χ1n) is 7.99. The minimum Gasteiger partial charge on any atom is -0.383 e. The molecule has 0 saturated carbocycles. The summed E-state index contributed by atoms with van der Waals surface area (Å²) < 4.78 is 7.26. The van der Waals surface area contributed by atoms with Gasteiger partial charge in [-0.05, 0) is 31.9 Å². The van der Waals surface area contributed by atoms with Crippen LogP contribution in [0.5, 0.6) is 0 Å². The van der Waals surface area contributed by atoms with E-state index in [1.54, 1.807) is 7.11 Å². The Hall–Kier alpha value is -1.79. The number of aryl methyl sites for hydroxylation is 2. The van der Waals surface area contributed by atoms with Crippen molar-refractivity contribution in [3.05, 3.63) is 46.8 Å². The number of rotatable bonds is 8. The molecule has 2 aromatic rings. The molecule has 0 aliphatic rings. The second-order valence-corrected chi connectivity index (χ2v) is 6.64. The molecule has 1 heterocycles. The highest BCUT2D eigenvalue weighted by atomic mass is 32.2. The number of methoxy groups -OCH3 is 1. The molecule has 1 amide bonds. The zero-order valence-electron chi connectivity index (χ0n) is 14.8. The van der Waals surface area contributed by atoms with Gasteiger partial charge in [0.2, 0.25) is 5.91 Å². The molecule has 5 nitrogen and oxygen atoms in total. The van der Waals surface area contributed by atoms with Crippen LogP contribution in [-0.2, 0) is 22.6 Å². The van der Waals surface area contributed by atoms with Gasteiger partial charge in [0, 0.05) is 25.9 Å². The normalized spacial score (nSPS) is 10.8. The molecular formula is C18H25N3O2S. The van der Waals surface area contributed by atoms with Crippen LogP contribution in [-0.4, -0.2) is 34.9 Å². The Morgan fingerprint density at radius 3 is 2.75 bits per heavy atom. The van der Waals surface area contributed by atoms with E-state index in [1.807, 2.05) is 32.0 Å². The number of hydrogen-bond donors (Lipinski definition) is 1. The largest absolute Gasteiger partial charge is 0.383 e. The van der Waals surface area contributed by atoms with E-state index < -0.39 is 0 Å². The number of benzene rings is 1. The van der Waals surface area contributed by atoms with Gasteiger partial charge in [-0.2, -0.15) is 0 Å². The van der Waals surface area contributed by atoms with Crippen molar-refractivity contribution in [2.45, 2.75) is 39.0 Å². The topological polar surface area (TPSA) is 56.1 Å². The highest BCUT2D eigenvalue weighted by molar-refractivity contribution is 7.99. The summed E-state index contributed by atoms with van der Waals surface area (Å²) in [5.74, 6) is 0.370. The van der Waals surface area contributed by atoms with Gasteiger partial charge in [0.05, 0.1) is 18.1 Å². The fourth-order valence-corrected chi connectivity index (χ4v) is 3.31. The molecule has 1 aromatic heterocycles. The monoisotopic (exact) mass is 347 g/mol. The molecule has 24 heavy (non-hydrogen) atoms. The first-order chi connectivity index (χ1) is 11.5. The van der Waals surface area contributed by atoms with E-state index in [0.29, 0.717) is 18.9 Å². The van der Waals surface area contributed by atoms with Crippen molar-refractivity contribution < 1.29 is 9.53 Å². The minimum atomic E-state index is 0.0138. The SMILES string of the molecule is COCCn1c(SCC(=O)NCc2ccccc2C)nc(C)c1C.